The zero-order valence-corrected chi connectivity index (χ0v) is 11.4. The number of aliphatic hydroxyl groups is 1. The largest absolute Gasteiger partial charge is 0.444 e. The number of piperidine rings is 1. The minimum Gasteiger partial charge on any atom is -0.444 e. The Morgan fingerprint density at radius 2 is 2.12 bits per heavy atom. The lowest BCUT2D eigenvalue weighted by Crippen LogP contribution is -2.46. The lowest BCUT2D eigenvalue weighted by molar-refractivity contribution is 0.00600. The number of hydrogen-bond donors (Lipinski definition) is 1. The van der Waals surface area contributed by atoms with Gasteiger partial charge in [0.05, 0.1) is 0 Å². The van der Waals surface area contributed by atoms with Crippen molar-refractivity contribution in [3.63, 3.8) is 0 Å². The van der Waals surface area contributed by atoms with Gasteiger partial charge in [-0.3, -0.25) is 0 Å². The van der Waals surface area contributed by atoms with Gasteiger partial charge in [-0.15, -0.1) is 0 Å². The van der Waals surface area contributed by atoms with E-state index in [1.165, 1.54) is 0 Å². The Morgan fingerprint density at radius 3 is 2.59 bits per heavy atom. The van der Waals surface area contributed by atoms with Crippen LogP contribution in [0.4, 0.5) is 4.79 Å². The summed E-state index contributed by atoms with van der Waals surface area (Å²) in [5.41, 5.74) is -0.432. The molecule has 1 aliphatic rings. The average molecular weight is 243 g/mol. The van der Waals surface area contributed by atoms with Gasteiger partial charge in [-0.05, 0) is 52.9 Å². The van der Waals surface area contributed by atoms with E-state index >= 15 is 0 Å². The zero-order chi connectivity index (χ0) is 13.1. The Labute approximate surface area is 104 Å². The molecule has 1 N–H and O–H groups in total. The molecule has 1 amide bonds. The summed E-state index contributed by atoms with van der Waals surface area (Å²) in [5, 5.41) is 8.93. The van der Waals surface area contributed by atoms with Crippen LogP contribution in [0, 0.1) is 5.92 Å². The van der Waals surface area contributed by atoms with Gasteiger partial charge in [0.15, 0.2) is 0 Å². The molecule has 2 atom stereocenters. The fourth-order valence-corrected chi connectivity index (χ4v) is 2.31. The summed E-state index contributed by atoms with van der Waals surface area (Å²) in [5.74, 6) is 0.536. The maximum Gasteiger partial charge on any atom is 0.410 e. The third-order valence-electron chi connectivity index (χ3n) is 3.15. The van der Waals surface area contributed by atoms with Crippen LogP contribution in [0.1, 0.15) is 47.0 Å². The van der Waals surface area contributed by atoms with Gasteiger partial charge < -0.3 is 14.7 Å². The number of aliphatic hydroxyl groups excluding tert-OH is 1. The Bertz CT molecular complexity index is 260. The highest BCUT2D eigenvalue weighted by Crippen LogP contribution is 2.26. The molecule has 0 aliphatic carbocycles. The number of hydrogen-bond acceptors (Lipinski definition) is 3. The molecule has 100 valence electrons. The molecule has 4 heteroatoms. The van der Waals surface area contributed by atoms with Crippen LogP contribution in [-0.2, 0) is 4.74 Å². The standard InChI is InChI=1S/C13H25NO3/c1-10-9-11(6-8-15)5-7-14(10)12(16)17-13(2,3)4/h10-11,15H,5-9H2,1-4H3. The van der Waals surface area contributed by atoms with Crippen LogP contribution in [0.15, 0.2) is 0 Å². The normalized spacial score (nSPS) is 25.8. The van der Waals surface area contributed by atoms with E-state index in [9.17, 15) is 4.79 Å². The molecule has 0 aromatic rings. The second-order valence-electron chi connectivity index (χ2n) is 5.93. The molecule has 0 aromatic carbocycles. The third-order valence-corrected chi connectivity index (χ3v) is 3.15. The Hall–Kier alpha value is -0.770. The highest BCUT2D eigenvalue weighted by atomic mass is 16.6. The Balaban J connectivity index is 2.49. The lowest BCUT2D eigenvalue weighted by Gasteiger charge is -2.38. The van der Waals surface area contributed by atoms with Crippen molar-refractivity contribution in [3.8, 4) is 0 Å². The molecule has 1 heterocycles. The van der Waals surface area contributed by atoms with Gasteiger partial charge in [-0.1, -0.05) is 0 Å². The van der Waals surface area contributed by atoms with E-state index in [-0.39, 0.29) is 18.7 Å². The van der Waals surface area contributed by atoms with Gasteiger partial charge in [0.2, 0.25) is 0 Å². The van der Waals surface area contributed by atoms with Crippen molar-refractivity contribution in [1.82, 2.24) is 4.90 Å². The Kier molecular flexibility index (Phi) is 4.80. The first-order valence-corrected chi connectivity index (χ1v) is 6.44. The van der Waals surface area contributed by atoms with Crippen LogP contribution < -0.4 is 0 Å². The van der Waals surface area contributed by atoms with Crippen molar-refractivity contribution < 1.29 is 14.6 Å². The smallest absolute Gasteiger partial charge is 0.410 e. The van der Waals surface area contributed by atoms with E-state index in [0.717, 1.165) is 25.8 Å². The van der Waals surface area contributed by atoms with Crippen LogP contribution in [-0.4, -0.2) is 40.9 Å². The molecular formula is C13H25NO3. The number of amides is 1. The van der Waals surface area contributed by atoms with Gasteiger partial charge in [-0.25, -0.2) is 4.79 Å². The molecule has 1 saturated heterocycles. The summed E-state index contributed by atoms with van der Waals surface area (Å²) < 4.78 is 5.38. The quantitative estimate of drug-likeness (QED) is 0.810. The van der Waals surface area contributed by atoms with E-state index in [2.05, 4.69) is 0 Å². The summed E-state index contributed by atoms with van der Waals surface area (Å²) in [6.45, 7) is 8.67. The van der Waals surface area contributed by atoms with Gasteiger partial charge in [0, 0.05) is 19.2 Å². The number of carbonyl (C=O) groups is 1. The monoisotopic (exact) mass is 243 g/mol. The van der Waals surface area contributed by atoms with E-state index in [0.29, 0.717) is 5.92 Å². The van der Waals surface area contributed by atoms with E-state index in [1.807, 2.05) is 27.7 Å². The predicted octanol–water partition coefficient (Wildman–Crippen LogP) is 2.40. The molecule has 4 nitrogen and oxygen atoms in total. The maximum atomic E-state index is 11.9. The van der Waals surface area contributed by atoms with Crippen molar-refractivity contribution >= 4 is 6.09 Å². The number of carbonyl (C=O) groups excluding carboxylic acids is 1. The molecule has 2 unspecified atom stereocenters. The van der Waals surface area contributed by atoms with Crippen molar-refractivity contribution in [2.24, 2.45) is 5.92 Å². The summed E-state index contributed by atoms with van der Waals surface area (Å²) in [6.07, 6.45) is 2.55. The van der Waals surface area contributed by atoms with Crippen LogP contribution in [0.25, 0.3) is 0 Å². The molecule has 0 bridgehead atoms. The number of rotatable bonds is 2. The minimum atomic E-state index is -0.432. The zero-order valence-electron chi connectivity index (χ0n) is 11.4. The lowest BCUT2D eigenvalue weighted by atomic mass is 9.89. The summed E-state index contributed by atoms with van der Waals surface area (Å²) in [7, 11) is 0. The van der Waals surface area contributed by atoms with Crippen molar-refractivity contribution in [2.45, 2.75) is 58.6 Å². The molecule has 0 aromatic heterocycles. The molecule has 0 radical (unpaired) electrons. The average Bonchev–Trinajstić information content (AvgIpc) is 2.15. The van der Waals surface area contributed by atoms with Crippen LogP contribution >= 0.6 is 0 Å². The number of likely N-dealkylation sites (tertiary alicyclic amines) is 1. The summed E-state index contributed by atoms with van der Waals surface area (Å²) in [4.78, 5) is 13.7. The molecular weight excluding hydrogens is 218 g/mol. The van der Waals surface area contributed by atoms with Gasteiger partial charge in [0.1, 0.15) is 5.60 Å². The predicted molar refractivity (Wildman–Crippen MR) is 66.8 cm³/mol. The summed E-state index contributed by atoms with van der Waals surface area (Å²) >= 11 is 0. The molecule has 1 rings (SSSR count). The second-order valence-corrected chi connectivity index (χ2v) is 5.93. The summed E-state index contributed by atoms with van der Waals surface area (Å²) in [6, 6.07) is 0.204. The molecule has 1 fully saturated rings. The molecule has 0 saturated carbocycles. The second kappa shape index (κ2) is 5.71. The molecule has 17 heavy (non-hydrogen) atoms. The first kappa shape index (κ1) is 14.3. The van der Waals surface area contributed by atoms with Gasteiger partial charge in [0.25, 0.3) is 0 Å². The van der Waals surface area contributed by atoms with E-state index in [1.54, 1.807) is 4.90 Å². The van der Waals surface area contributed by atoms with Crippen LogP contribution in [0.5, 0.6) is 0 Å². The molecule has 0 spiro atoms. The SMILES string of the molecule is CC1CC(CCO)CCN1C(=O)OC(C)(C)C. The number of nitrogens with zero attached hydrogens (tertiary/aromatic N) is 1. The fraction of sp³-hybridized carbons (Fsp3) is 0.923. The maximum absolute atomic E-state index is 11.9. The minimum absolute atomic E-state index is 0.204. The topological polar surface area (TPSA) is 49.8 Å². The van der Waals surface area contributed by atoms with E-state index < -0.39 is 5.60 Å². The van der Waals surface area contributed by atoms with Crippen LogP contribution in [0.3, 0.4) is 0 Å². The molecule has 1 aliphatic heterocycles. The first-order valence-electron chi connectivity index (χ1n) is 6.44. The van der Waals surface area contributed by atoms with Crippen LogP contribution in [0.2, 0.25) is 0 Å². The van der Waals surface area contributed by atoms with Gasteiger partial charge in [-0.2, -0.15) is 0 Å². The van der Waals surface area contributed by atoms with Crippen molar-refractivity contribution in [3.05, 3.63) is 0 Å². The third kappa shape index (κ3) is 4.54. The fourth-order valence-electron chi connectivity index (χ4n) is 2.31. The number of ether oxygens (including phenoxy) is 1. The first-order chi connectivity index (χ1) is 7.83. The highest BCUT2D eigenvalue weighted by Gasteiger charge is 2.31. The van der Waals surface area contributed by atoms with Crippen molar-refractivity contribution in [1.29, 1.82) is 0 Å². The Morgan fingerprint density at radius 1 is 1.47 bits per heavy atom. The van der Waals surface area contributed by atoms with Crippen molar-refractivity contribution in [2.75, 3.05) is 13.2 Å². The van der Waals surface area contributed by atoms with E-state index in [4.69, 9.17) is 9.84 Å². The van der Waals surface area contributed by atoms with Gasteiger partial charge >= 0.3 is 6.09 Å². The highest BCUT2D eigenvalue weighted by molar-refractivity contribution is 5.68.